The normalized spacial score (nSPS) is 33.2. The number of piperidine rings is 3. The van der Waals surface area contributed by atoms with Crippen molar-refractivity contribution >= 4 is 33.7 Å². The maximum Gasteiger partial charge on any atom is 0.319 e. The van der Waals surface area contributed by atoms with Crippen molar-refractivity contribution in [3.63, 3.8) is 0 Å². The third kappa shape index (κ3) is 4.59. The number of esters is 2. The molecule has 0 radical (unpaired) electrons. The van der Waals surface area contributed by atoms with Gasteiger partial charge in [0.05, 0.1) is 32.8 Å². The maximum absolute atomic E-state index is 14.4. The molecule has 9 unspecified atom stereocenters. The molecule has 10 rings (SSSR count). The van der Waals surface area contributed by atoms with E-state index in [0.717, 1.165) is 72.3 Å². The number of carbonyl (C=O) groups excluding carboxylic acids is 2. The summed E-state index contributed by atoms with van der Waals surface area (Å²) in [5.41, 5.74) is 8.35. The fourth-order valence-corrected chi connectivity index (χ4v) is 11.8. The van der Waals surface area contributed by atoms with Crippen LogP contribution in [0.25, 0.3) is 21.8 Å². The summed E-state index contributed by atoms with van der Waals surface area (Å²) in [7, 11) is 4.82. The first-order valence-electron chi connectivity index (χ1n) is 19.0. The van der Waals surface area contributed by atoms with Gasteiger partial charge in [0.1, 0.15) is 11.2 Å². The monoisotopic (exact) mass is 690 g/mol. The summed E-state index contributed by atoms with van der Waals surface area (Å²) in [5, 5.41) is 6.06. The van der Waals surface area contributed by atoms with Crippen LogP contribution in [0.3, 0.4) is 0 Å². The zero-order chi connectivity index (χ0) is 35.2. The highest BCUT2D eigenvalue weighted by molar-refractivity contribution is 5.95. The molecule has 2 aromatic heterocycles. The van der Waals surface area contributed by atoms with E-state index in [2.05, 4.69) is 76.5 Å². The van der Waals surface area contributed by atoms with E-state index in [-0.39, 0.29) is 41.8 Å². The minimum Gasteiger partial charge on any atom is -0.496 e. The van der Waals surface area contributed by atoms with Gasteiger partial charge in [-0.15, -0.1) is 0 Å². The van der Waals surface area contributed by atoms with E-state index in [1.165, 1.54) is 41.3 Å². The first-order valence-corrected chi connectivity index (χ1v) is 19.0. The molecular formula is C42H50N4O5. The second-order valence-corrected chi connectivity index (χ2v) is 15.8. The molecule has 1 saturated carbocycles. The van der Waals surface area contributed by atoms with Gasteiger partial charge < -0.3 is 29.5 Å². The third-order valence-corrected chi connectivity index (χ3v) is 13.8. The Balaban J connectivity index is 1.32. The van der Waals surface area contributed by atoms with Crippen LogP contribution >= 0.6 is 0 Å². The summed E-state index contributed by atoms with van der Waals surface area (Å²) in [5.74, 6) is 0.919. The van der Waals surface area contributed by atoms with Crippen LogP contribution in [-0.2, 0) is 37.3 Å². The molecule has 3 N–H and O–H groups in total. The summed E-state index contributed by atoms with van der Waals surface area (Å²) in [6, 6.07) is 12.9. The van der Waals surface area contributed by atoms with E-state index in [4.69, 9.17) is 14.2 Å². The van der Waals surface area contributed by atoms with Crippen LogP contribution in [0.2, 0.25) is 0 Å². The quantitative estimate of drug-likeness (QED) is 0.170. The lowest BCUT2D eigenvalue weighted by Crippen LogP contribution is -2.67. The molecule has 6 bridgehead atoms. The van der Waals surface area contributed by atoms with Gasteiger partial charge in [-0.3, -0.25) is 14.5 Å². The lowest BCUT2D eigenvalue weighted by Gasteiger charge is -2.57. The van der Waals surface area contributed by atoms with Gasteiger partial charge in [-0.25, -0.2) is 0 Å². The Labute approximate surface area is 299 Å². The Morgan fingerprint density at radius 1 is 1.02 bits per heavy atom. The van der Waals surface area contributed by atoms with Crippen molar-refractivity contribution in [1.82, 2.24) is 20.2 Å². The highest BCUT2D eigenvalue weighted by atomic mass is 16.5. The third-order valence-electron chi connectivity index (χ3n) is 13.8. The van der Waals surface area contributed by atoms with Crippen molar-refractivity contribution in [3.05, 3.63) is 76.1 Å². The molecule has 4 aromatic rings. The van der Waals surface area contributed by atoms with Crippen LogP contribution in [-0.4, -0.2) is 79.9 Å². The fraction of sp³-hybridized carbons (Fsp3) is 0.524. The van der Waals surface area contributed by atoms with Crippen molar-refractivity contribution < 1.29 is 23.8 Å². The van der Waals surface area contributed by atoms with Crippen molar-refractivity contribution in [1.29, 1.82) is 0 Å². The first kappa shape index (κ1) is 32.8. The van der Waals surface area contributed by atoms with Gasteiger partial charge >= 0.3 is 11.9 Å². The van der Waals surface area contributed by atoms with Crippen molar-refractivity contribution in [2.75, 3.05) is 41.0 Å². The lowest BCUT2D eigenvalue weighted by molar-refractivity contribution is -0.162. The number of methoxy groups -OCH3 is 3. The molecule has 4 fully saturated rings. The average molecular weight is 691 g/mol. The molecule has 6 aliphatic rings. The van der Waals surface area contributed by atoms with Crippen molar-refractivity contribution in [3.8, 4) is 5.75 Å². The molecule has 9 nitrogen and oxygen atoms in total. The van der Waals surface area contributed by atoms with E-state index >= 15 is 0 Å². The number of hydrogen-bond donors (Lipinski definition) is 3. The number of hydrogen-bond acceptors (Lipinski definition) is 7. The molecule has 268 valence electrons. The summed E-state index contributed by atoms with van der Waals surface area (Å²) < 4.78 is 17.6. The number of H-pyrrole nitrogens is 2. The number of benzene rings is 2. The number of allylic oxidation sites excluding steroid dienone is 1. The zero-order valence-corrected chi connectivity index (χ0v) is 30.4. The highest BCUT2D eigenvalue weighted by Gasteiger charge is 2.63. The smallest absolute Gasteiger partial charge is 0.319 e. The minimum absolute atomic E-state index is 0.0274. The molecule has 4 aliphatic heterocycles. The van der Waals surface area contributed by atoms with E-state index < -0.39 is 5.41 Å². The highest BCUT2D eigenvalue weighted by Crippen LogP contribution is 2.57. The van der Waals surface area contributed by atoms with Gasteiger partial charge in [-0.2, -0.15) is 0 Å². The fourth-order valence-electron chi connectivity index (χ4n) is 11.8. The predicted molar refractivity (Wildman–Crippen MR) is 197 cm³/mol. The number of rotatable bonds is 5. The van der Waals surface area contributed by atoms with Crippen LogP contribution in [0.15, 0.2) is 48.0 Å². The second kappa shape index (κ2) is 12.3. The maximum atomic E-state index is 14.4. The molecule has 2 aromatic carbocycles. The van der Waals surface area contributed by atoms with Crippen LogP contribution in [0, 0.1) is 23.7 Å². The Kier molecular flexibility index (Phi) is 7.89. The second-order valence-electron chi connectivity index (χ2n) is 15.8. The van der Waals surface area contributed by atoms with Gasteiger partial charge in [-0.05, 0) is 86.1 Å². The Morgan fingerprint density at radius 3 is 2.63 bits per heavy atom. The number of fused-ring (bicyclic) bond motifs is 9. The van der Waals surface area contributed by atoms with Crippen LogP contribution in [0.1, 0.15) is 73.5 Å². The predicted octanol–water partition coefficient (Wildman–Crippen LogP) is 6.15. The van der Waals surface area contributed by atoms with Gasteiger partial charge in [0.2, 0.25) is 0 Å². The molecule has 9 heteroatoms. The van der Waals surface area contributed by atoms with Gasteiger partial charge in [0.15, 0.2) is 0 Å². The van der Waals surface area contributed by atoms with Crippen LogP contribution in [0.5, 0.6) is 5.75 Å². The Hall–Kier alpha value is -4.08. The van der Waals surface area contributed by atoms with Gasteiger partial charge in [0, 0.05) is 70.9 Å². The Bertz CT molecular complexity index is 2080. The van der Waals surface area contributed by atoms with Crippen molar-refractivity contribution in [2.24, 2.45) is 23.7 Å². The topological polar surface area (TPSA) is 109 Å². The number of nitrogens with one attached hydrogen (secondary N) is 3. The lowest BCUT2D eigenvalue weighted by atomic mass is 9.56. The molecular weight excluding hydrogens is 640 g/mol. The van der Waals surface area contributed by atoms with E-state index in [9.17, 15) is 9.59 Å². The number of carbonyl (C=O) groups is 2. The van der Waals surface area contributed by atoms with Gasteiger partial charge in [0.25, 0.3) is 0 Å². The molecule has 9 atom stereocenters. The number of aromatic amines is 2. The largest absolute Gasteiger partial charge is 0.496 e. The average Bonchev–Trinajstić information content (AvgIpc) is 3.70. The van der Waals surface area contributed by atoms with Crippen LogP contribution < -0.4 is 10.1 Å². The SMILES string of the molecule is C/C=C1\CNC2Cc3c([nH]c4ccccc34)C(c3c(OC)ccc4c5c([nH]c34)C3(C(=O)OC)CC4CC(CC)C3N(CC5)C4)CC1C2C(=O)OC. The molecule has 0 amide bonds. The molecule has 51 heavy (non-hydrogen) atoms. The summed E-state index contributed by atoms with van der Waals surface area (Å²) >= 11 is 0. The molecule has 2 aliphatic carbocycles. The number of para-hydroxylation sites is 1. The Morgan fingerprint density at radius 2 is 1.86 bits per heavy atom. The summed E-state index contributed by atoms with van der Waals surface area (Å²) in [6.45, 7) is 7.07. The van der Waals surface area contributed by atoms with Gasteiger partial charge in [-0.1, -0.05) is 43.2 Å². The van der Waals surface area contributed by atoms with E-state index in [1.807, 2.05) is 0 Å². The molecule has 3 saturated heterocycles. The minimum atomic E-state index is -0.754. The van der Waals surface area contributed by atoms with E-state index in [0.29, 0.717) is 24.7 Å². The molecule has 0 spiro atoms. The van der Waals surface area contributed by atoms with E-state index in [1.54, 1.807) is 14.2 Å². The number of ether oxygens (including phenoxy) is 3. The summed E-state index contributed by atoms with van der Waals surface area (Å²) in [4.78, 5) is 38.6. The zero-order valence-electron chi connectivity index (χ0n) is 30.4. The standard InChI is InChI=1S/C42H50N4O5/c1-6-23-16-22-19-42(41(48)51-5)38-27(14-15-46(21-22)39(23)42)26-12-13-33(49-3)35(37(26)45-38)30-17-28-24(7-2)20-43-32(34(28)40(47)50-4)18-29-25-10-8-9-11-31(25)44-36(29)30/h7-13,22-23,28,30,32,34,39,43-45H,6,14-21H2,1-5H3/b24-7+. The first-order chi connectivity index (χ1) is 24.9. The molecule has 6 heterocycles. The van der Waals surface area contributed by atoms with Crippen LogP contribution in [0.4, 0.5) is 0 Å². The number of nitrogens with zero attached hydrogens (tertiary/aromatic N) is 1. The summed E-state index contributed by atoms with van der Waals surface area (Å²) in [6.07, 6.45) is 7.47. The van der Waals surface area contributed by atoms with Crippen molar-refractivity contribution in [2.45, 2.75) is 75.8 Å². The number of aromatic nitrogens is 2.